The van der Waals surface area contributed by atoms with Gasteiger partial charge in [0.2, 0.25) is 0 Å². The van der Waals surface area contributed by atoms with E-state index in [-0.39, 0.29) is 12.4 Å². The molecule has 1 unspecified atom stereocenters. The molecule has 3 rings (SSSR count). The first kappa shape index (κ1) is 20.3. The average Bonchev–Trinajstić information content (AvgIpc) is 2.68. The zero-order chi connectivity index (χ0) is 17.5. The molecule has 1 heterocycles. The fraction of sp³-hybridized carbons (Fsp3) is 0.333. The van der Waals surface area contributed by atoms with E-state index in [1.807, 2.05) is 30.3 Å². The largest absolute Gasteiger partial charge is 0.496 e. The van der Waals surface area contributed by atoms with E-state index in [1.165, 1.54) is 5.56 Å². The van der Waals surface area contributed by atoms with Crippen molar-refractivity contribution in [2.45, 2.75) is 6.04 Å². The molecule has 5 heteroatoms. The first-order chi connectivity index (χ1) is 12.3. The van der Waals surface area contributed by atoms with Crippen LogP contribution in [0.4, 0.5) is 0 Å². The van der Waals surface area contributed by atoms with Gasteiger partial charge in [0.05, 0.1) is 20.3 Å². The van der Waals surface area contributed by atoms with Gasteiger partial charge >= 0.3 is 0 Å². The van der Waals surface area contributed by atoms with Crippen LogP contribution >= 0.6 is 12.4 Å². The Balaban J connectivity index is 0.00000243. The molecule has 0 aromatic heterocycles. The van der Waals surface area contributed by atoms with E-state index in [0.717, 1.165) is 43.2 Å². The number of nitrogens with one attached hydrogen (secondary N) is 1. The summed E-state index contributed by atoms with van der Waals surface area (Å²) in [6, 6.07) is 16.7. The van der Waals surface area contributed by atoms with Gasteiger partial charge in [-0.05, 0) is 12.1 Å². The fourth-order valence-electron chi connectivity index (χ4n) is 3.33. The van der Waals surface area contributed by atoms with Crippen molar-refractivity contribution in [3.05, 3.63) is 65.7 Å². The Kier molecular flexibility index (Phi) is 7.98. The quantitative estimate of drug-likeness (QED) is 0.834. The second kappa shape index (κ2) is 10.2. The Morgan fingerprint density at radius 1 is 1.04 bits per heavy atom. The van der Waals surface area contributed by atoms with E-state index in [4.69, 9.17) is 9.47 Å². The van der Waals surface area contributed by atoms with Gasteiger partial charge < -0.3 is 14.8 Å². The molecule has 2 aromatic rings. The number of piperazine rings is 1. The van der Waals surface area contributed by atoms with Crippen LogP contribution < -0.4 is 14.8 Å². The van der Waals surface area contributed by atoms with Gasteiger partial charge in [-0.1, -0.05) is 48.6 Å². The second-order valence-corrected chi connectivity index (χ2v) is 6.10. The van der Waals surface area contributed by atoms with Gasteiger partial charge in [-0.3, -0.25) is 4.90 Å². The molecule has 0 spiro atoms. The lowest BCUT2D eigenvalue weighted by atomic mass is 10.0. The van der Waals surface area contributed by atoms with E-state index in [2.05, 4.69) is 40.6 Å². The van der Waals surface area contributed by atoms with Crippen LogP contribution in [-0.2, 0) is 0 Å². The van der Waals surface area contributed by atoms with Crippen molar-refractivity contribution in [1.29, 1.82) is 0 Å². The van der Waals surface area contributed by atoms with Gasteiger partial charge in [-0.2, -0.15) is 0 Å². The minimum absolute atomic E-state index is 0. The van der Waals surface area contributed by atoms with Gasteiger partial charge in [0, 0.05) is 37.3 Å². The molecule has 1 atom stereocenters. The summed E-state index contributed by atoms with van der Waals surface area (Å²) in [4.78, 5) is 2.49. The lowest BCUT2D eigenvalue weighted by Crippen LogP contribution is -2.46. The molecule has 1 N–H and O–H groups in total. The minimum Gasteiger partial charge on any atom is -0.496 e. The van der Waals surface area contributed by atoms with Crippen LogP contribution in [0.15, 0.2) is 54.6 Å². The topological polar surface area (TPSA) is 33.7 Å². The molecule has 0 radical (unpaired) electrons. The lowest BCUT2D eigenvalue weighted by molar-refractivity contribution is 0.177. The Bertz CT molecular complexity index is 721. The third kappa shape index (κ3) is 4.79. The summed E-state index contributed by atoms with van der Waals surface area (Å²) in [6.07, 6.45) is 4.35. The van der Waals surface area contributed by atoms with Crippen molar-refractivity contribution in [3.8, 4) is 11.5 Å². The highest BCUT2D eigenvalue weighted by atomic mass is 35.5. The molecular weight excluding hydrogens is 348 g/mol. The zero-order valence-corrected chi connectivity index (χ0v) is 16.2. The summed E-state index contributed by atoms with van der Waals surface area (Å²) in [5.41, 5.74) is 2.34. The van der Waals surface area contributed by atoms with Crippen LogP contribution in [0.25, 0.3) is 6.08 Å². The number of halogens is 1. The van der Waals surface area contributed by atoms with Crippen LogP contribution in [0.1, 0.15) is 17.2 Å². The van der Waals surface area contributed by atoms with E-state index in [0.29, 0.717) is 6.04 Å². The highest BCUT2D eigenvalue weighted by Gasteiger charge is 2.25. The van der Waals surface area contributed by atoms with Gasteiger partial charge in [-0.25, -0.2) is 0 Å². The number of hydrogen-bond acceptors (Lipinski definition) is 4. The second-order valence-electron chi connectivity index (χ2n) is 6.10. The number of nitrogens with zero attached hydrogens (tertiary/aromatic N) is 1. The van der Waals surface area contributed by atoms with E-state index < -0.39 is 0 Å². The predicted octanol–water partition coefficient (Wildman–Crippen LogP) is 3.79. The number of benzene rings is 2. The summed E-state index contributed by atoms with van der Waals surface area (Å²) >= 11 is 0. The van der Waals surface area contributed by atoms with Crippen LogP contribution in [0.3, 0.4) is 0 Å². The molecule has 1 aliphatic heterocycles. The lowest BCUT2D eigenvalue weighted by Gasteiger charge is -2.36. The van der Waals surface area contributed by atoms with Crippen molar-refractivity contribution in [2.75, 3.05) is 40.4 Å². The van der Waals surface area contributed by atoms with Gasteiger partial charge in [0.25, 0.3) is 0 Å². The summed E-state index contributed by atoms with van der Waals surface area (Å²) in [6.45, 7) is 3.85. The van der Waals surface area contributed by atoms with Crippen LogP contribution in [0.2, 0.25) is 0 Å². The van der Waals surface area contributed by atoms with Crippen molar-refractivity contribution in [3.63, 3.8) is 0 Å². The number of rotatable bonds is 6. The molecule has 0 saturated carbocycles. The molecular formula is C21H27ClN2O2. The standard InChI is InChI=1S/C21H26N2O2.ClH/c1-24-20-11-5-3-8-17(20)9-7-14-23-15-13-22-16-19(23)18-10-4-6-12-21(18)25-2;/h3-12,19,22H,13-16H2,1-2H3;1H/b9-7+;. The molecule has 1 saturated heterocycles. The maximum absolute atomic E-state index is 5.56. The first-order valence-corrected chi connectivity index (χ1v) is 8.70. The predicted molar refractivity (Wildman–Crippen MR) is 109 cm³/mol. The zero-order valence-electron chi connectivity index (χ0n) is 15.4. The SMILES string of the molecule is COc1ccccc1/C=C/CN1CCNCC1c1ccccc1OC.Cl. The molecule has 140 valence electrons. The van der Waals surface area contributed by atoms with Crippen molar-refractivity contribution in [2.24, 2.45) is 0 Å². The molecule has 0 amide bonds. The molecule has 4 nitrogen and oxygen atoms in total. The molecule has 2 aromatic carbocycles. The normalized spacial score (nSPS) is 17.7. The van der Waals surface area contributed by atoms with Crippen LogP contribution in [0, 0.1) is 0 Å². The summed E-state index contributed by atoms with van der Waals surface area (Å²) in [7, 11) is 3.45. The Labute approximate surface area is 162 Å². The van der Waals surface area contributed by atoms with E-state index in [1.54, 1.807) is 14.2 Å². The number of methoxy groups -OCH3 is 2. The van der Waals surface area contributed by atoms with E-state index >= 15 is 0 Å². The first-order valence-electron chi connectivity index (χ1n) is 8.70. The molecule has 1 fully saturated rings. The minimum atomic E-state index is 0. The van der Waals surface area contributed by atoms with Gasteiger partial charge in [0.15, 0.2) is 0 Å². The van der Waals surface area contributed by atoms with Crippen molar-refractivity contribution in [1.82, 2.24) is 10.2 Å². The maximum atomic E-state index is 5.56. The monoisotopic (exact) mass is 374 g/mol. The van der Waals surface area contributed by atoms with Crippen LogP contribution in [-0.4, -0.2) is 45.3 Å². The van der Waals surface area contributed by atoms with Gasteiger partial charge in [-0.15, -0.1) is 12.4 Å². The van der Waals surface area contributed by atoms with E-state index in [9.17, 15) is 0 Å². The summed E-state index contributed by atoms with van der Waals surface area (Å²) in [5, 5.41) is 3.50. The number of hydrogen-bond donors (Lipinski definition) is 1. The Morgan fingerprint density at radius 2 is 1.73 bits per heavy atom. The van der Waals surface area contributed by atoms with Crippen LogP contribution in [0.5, 0.6) is 11.5 Å². The third-order valence-corrected chi connectivity index (χ3v) is 4.63. The Hall–Kier alpha value is -2.01. The molecule has 1 aliphatic rings. The fourth-order valence-corrected chi connectivity index (χ4v) is 3.33. The summed E-state index contributed by atoms with van der Waals surface area (Å²) < 4.78 is 11.0. The average molecular weight is 375 g/mol. The van der Waals surface area contributed by atoms with Gasteiger partial charge in [0.1, 0.15) is 11.5 Å². The molecule has 26 heavy (non-hydrogen) atoms. The van der Waals surface area contributed by atoms with Crippen molar-refractivity contribution < 1.29 is 9.47 Å². The maximum Gasteiger partial charge on any atom is 0.126 e. The summed E-state index contributed by atoms with van der Waals surface area (Å²) in [5.74, 6) is 1.86. The van der Waals surface area contributed by atoms with Crippen molar-refractivity contribution >= 4 is 18.5 Å². The highest BCUT2D eigenvalue weighted by molar-refractivity contribution is 5.85. The highest BCUT2D eigenvalue weighted by Crippen LogP contribution is 2.30. The number of para-hydroxylation sites is 2. The Morgan fingerprint density at radius 3 is 2.50 bits per heavy atom. The smallest absolute Gasteiger partial charge is 0.126 e. The molecule has 0 aliphatic carbocycles. The number of ether oxygens (including phenoxy) is 2. The molecule has 0 bridgehead atoms. The third-order valence-electron chi connectivity index (χ3n) is 4.63.